The second-order valence-electron chi connectivity index (χ2n) is 4.47. The third-order valence-electron chi connectivity index (χ3n) is 3.08. The molecule has 0 fully saturated rings. The molecule has 5 heteroatoms. The Kier molecular flexibility index (Phi) is 5.45. The second-order valence-corrected chi connectivity index (χ2v) is 5.31. The molecule has 0 bridgehead atoms. The van der Waals surface area contributed by atoms with Crippen LogP contribution in [0.3, 0.4) is 0 Å². The lowest BCUT2D eigenvalue weighted by molar-refractivity contribution is -0.142. The van der Waals surface area contributed by atoms with E-state index < -0.39 is 11.9 Å². The summed E-state index contributed by atoms with van der Waals surface area (Å²) in [7, 11) is 0. The maximum absolute atomic E-state index is 10.9. The molecule has 0 heterocycles. The van der Waals surface area contributed by atoms with Crippen LogP contribution in [0.2, 0.25) is 10.0 Å². The van der Waals surface area contributed by atoms with E-state index in [9.17, 15) is 4.79 Å². The zero-order valence-corrected chi connectivity index (χ0v) is 12.1. The zero-order chi connectivity index (χ0) is 13.9. The highest BCUT2D eigenvalue weighted by Crippen LogP contribution is 2.26. The maximum Gasteiger partial charge on any atom is 0.307 e. The van der Waals surface area contributed by atoms with Gasteiger partial charge in [-0.1, -0.05) is 36.2 Å². The minimum absolute atomic E-state index is 0.0356. The smallest absolute Gasteiger partial charge is 0.307 e. The van der Waals surface area contributed by atoms with Crippen LogP contribution in [0.5, 0.6) is 0 Å². The summed E-state index contributed by atoms with van der Waals surface area (Å²) in [5.74, 6) is -1.28. The van der Waals surface area contributed by atoms with Gasteiger partial charge in [0.2, 0.25) is 0 Å². The Balaban J connectivity index is 2.76. The van der Waals surface area contributed by atoms with Crippen molar-refractivity contribution in [3.8, 4) is 0 Å². The molecule has 0 radical (unpaired) electrons. The van der Waals surface area contributed by atoms with Crippen molar-refractivity contribution in [2.24, 2.45) is 5.92 Å². The van der Waals surface area contributed by atoms with Gasteiger partial charge in [-0.3, -0.25) is 4.79 Å². The Labute approximate surface area is 117 Å². The SMILES string of the molecule is CC(NC(C)C(C)C(=O)O)c1ccc(Cl)cc1Cl. The lowest BCUT2D eigenvalue weighted by Crippen LogP contribution is -2.37. The minimum atomic E-state index is -0.815. The first-order valence-corrected chi connectivity index (χ1v) is 6.52. The normalized spacial score (nSPS) is 16.1. The molecule has 0 saturated heterocycles. The molecule has 0 amide bonds. The molecular formula is C13H17Cl2NO2. The number of carboxylic acid groups (broad SMARTS) is 1. The molecule has 0 aliphatic rings. The predicted octanol–water partition coefficient (Wildman–Crippen LogP) is 3.75. The third kappa shape index (κ3) is 3.87. The standard InChI is InChI=1S/C13H17Cl2NO2/c1-7(13(17)18)8(2)16-9(3)11-5-4-10(14)6-12(11)15/h4-9,16H,1-3H3,(H,17,18). The number of carbonyl (C=O) groups is 1. The number of benzene rings is 1. The van der Waals surface area contributed by atoms with Gasteiger partial charge in [0.1, 0.15) is 0 Å². The second kappa shape index (κ2) is 6.41. The summed E-state index contributed by atoms with van der Waals surface area (Å²) in [5, 5.41) is 13.3. The van der Waals surface area contributed by atoms with Gasteiger partial charge in [-0.05, 0) is 31.5 Å². The number of hydrogen-bond acceptors (Lipinski definition) is 2. The molecular weight excluding hydrogens is 273 g/mol. The Morgan fingerprint density at radius 1 is 1.28 bits per heavy atom. The highest BCUT2D eigenvalue weighted by Gasteiger charge is 2.21. The van der Waals surface area contributed by atoms with Crippen LogP contribution in [-0.2, 0) is 4.79 Å². The quantitative estimate of drug-likeness (QED) is 0.868. The molecule has 3 unspecified atom stereocenters. The van der Waals surface area contributed by atoms with Gasteiger partial charge in [0, 0.05) is 22.1 Å². The largest absolute Gasteiger partial charge is 0.481 e. The lowest BCUT2D eigenvalue weighted by Gasteiger charge is -2.23. The van der Waals surface area contributed by atoms with Gasteiger partial charge in [-0.15, -0.1) is 0 Å². The molecule has 0 saturated carbocycles. The molecule has 1 aromatic rings. The van der Waals surface area contributed by atoms with Crippen LogP contribution in [0.1, 0.15) is 32.4 Å². The van der Waals surface area contributed by atoms with E-state index >= 15 is 0 Å². The third-order valence-corrected chi connectivity index (χ3v) is 3.64. The van der Waals surface area contributed by atoms with Gasteiger partial charge >= 0.3 is 5.97 Å². The minimum Gasteiger partial charge on any atom is -0.481 e. The average Bonchev–Trinajstić information content (AvgIpc) is 2.27. The fourth-order valence-electron chi connectivity index (χ4n) is 1.69. The maximum atomic E-state index is 10.9. The number of hydrogen-bond donors (Lipinski definition) is 2. The summed E-state index contributed by atoms with van der Waals surface area (Å²) >= 11 is 11.9. The summed E-state index contributed by atoms with van der Waals surface area (Å²) in [4.78, 5) is 10.9. The molecule has 3 atom stereocenters. The molecule has 3 nitrogen and oxygen atoms in total. The summed E-state index contributed by atoms with van der Waals surface area (Å²) < 4.78 is 0. The first-order chi connectivity index (χ1) is 8.32. The lowest BCUT2D eigenvalue weighted by atomic mass is 10.0. The highest BCUT2D eigenvalue weighted by atomic mass is 35.5. The Morgan fingerprint density at radius 3 is 2.39 bits per heavy atom. The summed E-state index contributed by atoms with van der Waals surface area (Å²) in [5.41, 5.74) is 0.908. The van der Waals surface area contributed by atoms with Crippen molar-refractivity contribution in [2.75, 3.05) is 0 Å². The first kappa shape index (κ1) is 15.3. The van der Waals surface area contributed by atoms with Crippen LogP contribution >= 0.6 is 23.2 Å². The van der Waals surface area contributed by atoms with Gasteiger partial charge in [0.05, 0.1) is 5.92 Å². The number of halogens is 2. The number of aliphatic carboxylic acids is 1. The van der Waals surface area contributed by atoms with E-state index in [0.29, 0.717) is 10.0 Å². The van der Waals surface area contributed by atoms with Crippen LogP contribution in [0.4, 0.5) is 0 Å². The van der Waals surface area contributed by atoms with Crippen LogP contribution < -0.4 is 5.32 Å². The summed E-state index contributed by atoms with van der Waals surface area (Å²) in [6, 6.07) is 5.12. The number of carboxylic acids is 1. The highest BCUT2D eigenvalue weighted by molar-refractivity contribution is 6.35. The molecule has 0 aliphatic carbocycles. The zero-order valence-electron chi connectivity index (χ0n) is 10.6. The van der Waals surface area contributed by atoms with E-state index in [4.69, 9.17) is 28.3 Å². The topological polar surface area (TPSA) is 49.3 Å². The van der Waals surface area contributed by atoms with Crippen LogP contribution in [0, 0.1) is 5.92 Å². The van der Waals surface area contributed by atoms with E-state index in [-0.39, 0.29) is 12.1 Å². The van der Waals surface area contributed by atoms with Gasteiger partial charge in [0.15, 0.2) is 0 Å². The van der Waals surface area contributed by atoms with E-state index in [0.717, 1.165) is 5.56 Å². The van der Waals surface area contributed by atoms with E-state index in [1.165, 1.54) is 0 Å². The molecule has 18 heavy (non-hydrogen) atoms. The van der Waals surface area contributed by atoms with Gasteiger partial charge in [-0.2, -0.15) is 0 Å². The molecule has 0 aromatic heterocycles. The molecule has 100 valence electrons. The fraction of sp³-hybridized carbons (Fsp3) is 0.462. The molecule has 0 aliphatic heterocycles. The van der Waals surface area contributed by atoms with Crippen molar-refractivity contribution >= 4 is 29.2 Å². The Morgan fingerprint density at radius 2 is 1.89 bits per heavy atom. The van der Waals surface area contributed by atoms with E-state index in [2.05, 4.69) is 5.32 Å². The monoisotopic (exact) mass is 289 g/mol. The fourth-order valence-corrected chi connectivity index (χ4v) is 2.27. The average molecular weight is 290 g/mol. The van der Waals surface area contributed by atoms with E-state index in [1.54, 1.807) is 19.1 Å². The van der Waals surface area contributed by atoms with Gasteiger partial charge in [-0.25, -0.2) is 0 Å². The van der Waals surface area contributed by atoms with Gasteiger partial charge in [0.25, 0.3) is 0 Å². The van der Waals surface area contributed by atoms with Gasteiger partial charge < -0.3 is 10.4 Å². The van der Waals surface area contributed by atoms with Crippen molar-refractivity contribution < 1.29 is 9.90 Å². The summed E-state index contributed by atoms with van der Waals surface area (Å²) in [6.45, 7) is 5.47. The molecule has 1 aromatic carbocycles. The van der Waals surface area contributed by atoms with Crippen molar-refractivity contribution in [3.05, 3.63) is 33.8 Å². The molecule has 1 rings (SSSR count). The van der Waals surface area contributed by atoms with Crippen molar-refractivity contribution in [1.29, 1.82) is 0 Å². The van der Waals surface area contributed by atoms with E-state index in [1.807, 2.05) is 19.9 Å². The van der Waals surface area contributed by atoms with Crippen molar-refractivity contribution in [1.82, 2.24) is 5.32 Å². The van der Waals surface area contributed by atoms with Crippen LogP contribution in [0.25, 0.3) is 0 Å². The molecule has 0 spiro atoms. The Bertz CT molecular complexity index is 437. The number of nitrogens with one attached hydrogen (secondary N) is 1. The first-order valence-electron chi connectivity index (χ1n) is 5.76. The van der Waals surface area contributed by atoms with Crippen molar-refractivity contribution in [3.63, 3.8) is 0 Å². The van der Waals surface area contributed by atoms with Crippen molar-refractivity contribution in [2.45, 2.75) is 32.9 Å². The molecule has 2 N–H and O–H groups in total. The van der Waals surface area contributed by atoms with Crippen LogP contribution in [0.15, 0.2) is 18.2 Å². The Hall–Kier alpha value is -0.770. The number of rotatable bonds is 5. The summed E-state index contributed by atoms with van der Waals surface area (Å²) in [6.07, 6.45) is 0. The predicted molar refractivity (Wildman–Crippen MR) is 74.3 cm³/mol. The van der Waals surface area contributed by atoms with Crippen LogP contribution in [-0.4, -0.2) is 17.1 Å².